The molecule has 0 fully saturated rings. The van der Waals surface area contributed by atoms with Crippen LogP contribution >= 0.6 is 11.6 Å². The van der Waals surface area contributed by atoms with Crippen LogP contribution in [0.5, 0.6) is 0 Å². The highest BCUT2D eigenvalue weighted by Gasteiger charge is 2.24. The van der Waals surface area contributed by atoms with Gasteiger partial charge < -0.3 is 4.98 Å². The zero-order chi connectivity index (χ0) is 14.2. The summed E-state index contributed by atoms with van der Waals surface area (Å²) < 4.78 is 0. The van der Waals surface area contributed by atoms with E-state index in [1.54, 1.807) is 6.20 Å². The standard InChI is InChI=1S/C16H20ClNO/c1-10(16(2,3)4)7-15(19)13-9-18-14-8-11(17)5-6-12(13)14/h5-6,8-10,18H,7H2,1-4H3. The molecule has 1 unspecified atom stereocenters. The van der Waals surface area contributed by atoms with Crippen molar-refractivity contribution in [2.24, 2.45) is 11.3 Å². The molecular weight excluding hydrogens is 258 g/mol. The smallest absolute Gasteiger partial charge is 0.165 e. The lowest BCUT2D eigenvalue weighted by Gasteiger charge is -2.26. The van der Waals surface area contributed by atoms with E-state index < -0.39 is 0 Å². The molecule has 0 spiro atoms. The highest BCUT2D eigenvalue weighted by atomic mass is 35.5. The maximum atomic E-state index is 12.4. The first-order valence-corrected chi connectivity index (χ1v) is 6.96. The number of fused-ring (bicyclic) bond motifs is 1. The second-order valence-electron chi connectivity index (χ2n) is 6.29. The van der Waals surface area contributed by atoms with Crippen LogP contribution in [0.1, 0.15) is 44.5 Å². The lowest BCUT2D eigenvalue weighted by atomic mass is 9.78. The van der Waals surface area contributed by atoms with Gasteiger partial charge in [0.25, 0.3) is 0 Å². The second-order valence-corrected chi connectivity index (χ2v) is 6.72. The summed E-state index contributed by atoms with van der Waals surface area (Å²) in [4.78, 5) is 15.5. The molecular formula is C16H20ClNO. The number of nitrogens with one attached hydrogen (secondary N) is 1. The van der Waals surface area contributed by atoms with Crippen molar-refractivity contribution in [2.75, 3.05) is 0 Å². The second kappa shape index (κ2) is 5.01. The van der Waals surface area contributed by atoms with Crippen LogP contribution in [0.4, 0.5) is 0 Å². The van der Waals surface area contributed by atoms with Gasteiger partial charge in [-0.3, -0.25) is 4.79 Å². The Bertz CT molecular complexity index is 607. The van der Waals surface area contributed by atoms with Gasteiger partial charge in [0.05, 0.1) is 0 Å². The van der Waals surface area contributed by atoms with Crippen molar-refractivity contribution in [1.82, 2.24) is 4.98 Å². The zero-order valence-corrected chi connectivity index (χ0v) is 12.6. The summed E-state index contributed by atoms with van der Waals surface area (Å²) in [6, 6.07) is 5.58. The van der Waals surface area contributed by atoms with E-state index >= 15 is 0 Å². The normalized spacial score (nSPS) is 13.7. The fourth-order valence-corrected chi connectivity index (χ4v) is 2.20. The average Bonchev–Trinajstić information content (AvgIpc) is 2.70. The maximum absolute atomic E-state index is 12.4. The Kier molecular flexibility index (Phi) is 3.73. The average molecular weight is 278 g/mol. The lowest BCUT2D eigenvalue weighted by molar-refractivity contribution is 0.0929. The zero-order valence-electron chi connectivity index (χ0n) is 11.9. The third kappa shape index (κ3) is 3.01. The van der Waals surface area contributed by atoms with E-state index in [1.165, 1.54) is 0 Å². The number of H-pyrrole nitrogens is 1. The molecule has 102 valence electrons. The van der Waals surface area contributed by atoms with Crippen molar-refractivity contribution in [3.63, 3.8) is 0 Å². The predicted molar refractivity (Wildman–Crippen MR) is 80.9 cm³/mol. The van der Waals surface area contributed by atoms with E-state index in [2.05, 4.69) is 32.7 Å². The van der Waals surface area contributed by atoms with Gasteiger partial charge in [-0.05, 0) is 23.5 Å². The molecule has 0 saturated heterocycles. The Morgan fingerprint density at radius 2 is 2.05 bits per heavy atom. The van der Waals surface area contributed by atoms with E-state index in [-0.39, 0.29) is 11.2 Å². The van der Waals surface area contributed by atoms with Crippen LogP contribution in [-0.4, -0.2) is 10.8 Å². The summed E-state index contributed by atoms with van der Waals surface area (Å²) in [6.45, 7) is 8.63. The molecule has 0 saturated carbocycles. The molecule has 0 amide bonds. The number of carbonyl (C=O) groups is 1. The van der Waals surface area contributed by atoms with Gasteiger partial charge in [0, 0.05) is 34.1 Å². The minimum Gasteiger partial charge on any atom is -0.360 e. The number of Topliss-reactive ketones (excluding diaryl/α,β-unsaturated/α-hetero) is 1. The third-order valence-electron chi connectivity index (χ3n) is 3.91. The van der Waals surface area contributed by atoms with Gasteiger partial charge in [-0.2, -0.15) is 0 Å². The molecule has 0 aliphatic rings. The van der Waals surface area contributed by atoms with Gasteiger partial charge in [0.15, 0.2) is 5.78 Å². The number of hydrogen-bond donors (Lipinski definition) is 1. The molecule has 0 bridgehead atoms. The van der Waals surface area contributed by atoms with Crippen molar-refractivity contribution in [3.8, 4) is 0 Å². The largest absolute Gasteiger partial charge is 0.360 e. The summed E-state index contributed by atoms with van der Waals surface area (Å²) in [5.74, 6) is 0.535. The number of aromatic nitrogens is 1. The molecule has 1 aromatic carbocycles. The molecule has 1 heterocycles. The monoisotopic (exact) mass is 277 g/mol. The van der Waals surface area contributed by atoms with Gasteiger partial charge in [-0.25, -0.2) is 0 Å². The van der Waals surface area contributed by atoms with E-state index in [9.17, 15) is 4.79 Å². The first-order valence-electron chi connectivity index (χ1n) is 6.59. The Morgan fingerprint density at radius 3 is 2.68 bits per heavy atom. The quantitative estimate of drug-likeness (QED) is 0.780. The van der Waals surface area contributed by atoms with Crippen LogP contribution in [0.3, 0.4) is 0 Å². The van der Waals surface area contributed by atoms with Crippen molar-refractivity contribution in [2.45, 2.75) is 34.1 Å². The Labute approximate surface area is 119 Å². The molecule has 1 aromatic heterocycles. The summed E-state index contributed by atoms with van der Waals surface area (Å²) in [5.41, 5.74) is 1.83. The van der Waals surface area contributed by atoms with Crippen LogP contribution in [0.15, 0.2) is 24.4 Å². The number of hydrogen-bond acceptors (Lipinski definition) is 1. The van der Waals surface area contributed by atoms with Gasteiger partial charge in [0.1, 0.15) is 0 Å². The van der Waals surface area contributed by atoms with E-state index in [1.807, 2.05) is 18.2 Å². The van der Waals surface area contributed by atoms with Gasteiger partial charge in [-0.1, -0.05) is 45.4 Å². The lowest BCUT2D eigenvalue weighted by Crippen LogP contribution is -2.20. The van der Waals surface area contributed by atoms with Crippen molar-refractivity contribution >= 4 is 28.3 Å². The Morgan fingerprint density at radius 1 is 1.37 bits per heavy atom. The highest BCUT2D eigenvalue weighted by Crippen LogP contribution is 2.30. The topological polar surface area (TPSA) is 32.9 Å². The molecule has 2 aromatic rings. The summed E-state index contributed by atoms with van der Waals surface area (Å²) in [6.07, 6.45) is 2.36. The molecule has 2 rings (SSSR count). The molecule has 0 radical (unpaired) electrons. The van der Waals surface area contributed by atoms with Crippen LogP contribution in [-0.2, 0) is 0 Å². The SMILES string of the molecule is CC(CC(=O)c1c[nH]c2cc(Cl)ccc12)C(C)(C)C. The number of benzene rings is 1. The van der Waals surface area contributed by atoms with E-state index in [0.29, 0.717) is 17.4 Å². The minimum absolute atomic E-state index is 0.144. The first kappa shape index (κ1) is 14.1. The molecule has 0 aliphatic heterocycles. The van der Waals surface area contributed by atoms with Crippen LogP contribution in [0, 0.1) is 11.3 Å². The summed E-state index contributed by atoms with van der Waals surface area (Å²) in [5, 5.41) is 1.63. The van der Waals surface area contributed by atoms with Crippen LogP contribution in [0.25, 0.3) is 10.9 Å². The number of ketones is 1. The number of aromatic amines is 1. The highest BCUT2D eigenvalue weighted by molar-refractivity contribution is 6.31. The third-order valence-corrected chi connectivity index (χ3v) is 4.15. The van der Waals surface area contributed by atoms with Crippen LogP contribution < -0.4 is 0 Å². The molecule has 1 N–H and O–H groups in total. The summed E-state index contributed by atoms with van der Waals surface area (Å²) >= 11 is 5.95. The fourth-order valence-electron chi connectivity index (χ4n) is 2.02. The van der Waals surface area contributed by atoms with Crippen molar-refractivity contribution < 1.29 is 4.79 Å². The Balaban J connectivity index is 2.27. The van der Waals surface area contributed by atoms with Crippen molar-refractivity contribution in [3.05, 3.63) is 35.0 Å². The maximum Gasteiger partial charge on any atom is 0.165 e. The minimum atomic E-state index is 0.144. The van der Waals surface area contributed by atoms with Gasteiger partial charge >= 0.3 is 0 Å². The van der Waals surface area contributed by atoms with E-state index in [4.69, 9.17) is 11.6 Å². The van der Waals surface area contributed by atoms with Crippen LogP contribution in [0.2, 0.25) is 5.02 Å². The molecule has 0 aliphatic carbocycles. The first-order chi connectivity index (χ1) is 8.79. The van der Waals surface area contributed by atoms with Crippen molar-refractivity contribution in [1.29, 1.82) is 0 Å². The molecule has 1 atom stereocenters. The number of carbonyl (C=O) groups excluding carboxylic acids is 1. The number of halogens is 1. The molecule has 3 heteroatoms. The van der Waals surface area contributed by atoms with Gasteiger partial charge in [0.2, 0.25) is 0 Å². The number of rotatable bonds is 3. The van der Waals surface area contributed by atoms with E-state index in [0.717, 1.165) is 16.5 Å². The predicted octanol–water partition coefficient (Wildman–Crippen LogP) is 5.08. The van der Waals surface area contributed by atoms with Gasteiger partial charge in [-0.15, -0.1) is 0 Å². The fraction of sp³-hybridized carbons (Fsp3) is 0.438. The molecule has 2 nitrogen and oxygen atoms in total. The summed E-state index contributed by atoms with van der Waals surface area (Å²) in [7, 11) is 0. The Hall–Kier alpha value is -1.28. The molecule has 19 heavy (non-hydrogen) atoms.